The van der Waals surface area contributed by atoms with E-state index in [1.165, 1.54) is 12.8 Å². The van der Waals surface area contributed by atoms with Gasteiger partial charge >= 0.3 is 5.76 Å². The fourth-order valence-electron chi connectivity index (χ4n) is 6.16. The molecule has 1 saturated heterocycles. The quantitative estimate of drug-likeness (QED) is 0.370. The summed E-state index contributed by atoms with van der Waals surface area (Å²) in [7, 11) is 0. The Bertz CT molecular complexity index is 1520. The van der Waals surface area contributed by atoms with Crippen LogP contribution in [0.4, 0.5) is 5.95 Å². The van der Waals surface area contributed by atoms with Gasteiger partial charge in [-0.1, -0.05) is 36.5 Å². The van der Waals surface area contributed by atoms with E-state index in [1.54, 1.807) is 12.4 Å². The molecule has 10 nitrogen and oxygen atoms in total. The van der Waals surface area contributed by atoms with E-state index in [1.807, 2.05) is 12.1 Å². The summed E-state index contributed by atoms with van der Waals surface area (Å²) in [6.45, 7) is 7.24. The second-order valence-electron chi connectivity index (χ2n) is 11.0. The van der Waals surface area contributed by atoms with E-state index in [-0.39, 0.29) is 17.9 Å². The zero-order valence-electron chi connectivity index (χ0n) is 21.8. The number of halogens is 1. The van der Waals surface area contributed by atoms with Crippen molar-refractivity contribution in [2.75, 3.05) is 11.4 Å². The first-order chi connectivity index (χ1) is 18.3. The van der Waals surface area contributed by atoms with Gasteiger partial charge in [-0.3, -0.25) is 14.5 Å². The van der Waals surface area contributed by atoms with Crippen LogP contribution in [0.3, 0.4) is 0 Å². The van der Waals surface area contributed by atoms with Crippen molar-refractivity contribution in [3.05, 3.63) is 40.1 Å². The number of β-amino-alcohol motifs (C(OH)–C–C–N with tert-alkyl or cyclic N) is 1. The van der Waals surface area contributed by atoms with Crippen LogP contribution in [0.2, 0.25) is 5.02 Å². The summed E-state index contributed by atoms with van der Waals surface area (Å²) in [6, 6.07) is 3.95. The molecule has 1 aliphatic carbocycles. The Balaban J connectivity index is 1.61. The molecule has 11 heteroatoms. The molecule has 0 bridgehead atoms. The van der Waals surface area contributed by atoms with Gasteiger partial charge in [-0.25, -0.2) is 14.8 Å². The maximum Gasteiger partial charge on any atom is 0.439 e. The summed E-state index contributed by atoms with van der Waals surface area (Å²) in [4.78, 5) is 30.9. The third-order valence-corrected chi connectivity index (χ3v) is 8.48. The van der Waals surface area contributed by atoms with Gasteiger partial charge in [0, 0.05) is 36.6 Å². The largest absolute Gasteiger partial charge is 0.439 e. The van der Waals surface area contributed by atoms with E-state index in [4.69, 9.17) is 26.1 Å². The van der Waals surface area contributed by atoms with E-state index in [2.05, 4.69) is 45.4 Å². The Hall–Kier alpha value is -3.24. The zero-order chi connectivity index (χ0) is 26.6. The number of H-pyrrole nitrogens is 1. The average Bonchev–Trinajstić information content (AvgIpc) is 3.59. The van der Waals surface area contributed by atoms with Crippen LogP contribution in [0.25, 0.3) is 33.8 Å². The molecule has 4 aromatic rings. The number of rotatable bonds is 5. The number of hydrogen-bond donors (Lipinski definition) is 2. The van der Waals surface area contributed by atoms with Crippen molar-refractivity contribution in [3.63, 3.8) is 0 Å². The maximum atomic E-state index is 11.7. The van der Waals surface area contributed by atoms with E-state index >= 15 is 0 Å². The van der Waals surface area contributed by atoms with E-state index in [0.717, 1.165) is 35.8 Å². The van der Waals surface area contributed by atoms with Crippen LogP contribution in [0, 0.1) is 11.8 Å². The number of aliphatic hydroxyl groups excluding tert-OH is 1. The van der Waals surface area contributed by atoms with Crippen molar-refractivity contribution < 1.29 is 9.63 Å². The van der Waals surface area contributed by atoms with Crippen LogP contribution in [0.5, 0.6) is 0 Å². The fraction of sp³-hybridized carbons (Fsp3) is 0.519. The van der Waals surface area contributed by atoms with Crippen LogP contribution >= 0.6 is 11.6 Å². The fourth-order valence-corrected chi connectivity index (χ4v) is 6.34. The molecule has 0 spiro atoms. The number of aromatic nitrogens is 6. The smallest absolute Gasteiger partial charge is 0.391 e. The monoisotopic (exact) mass is 537 g/mol. The van der Waals surface area contributed by atoms with Crippen molar-refractivity contribution in [1.82, 2.24) is 29.7 Å². The van der Waals surface area contributed by atoms with Crippen molar-refractivity contribution in [3.8, 4) is 22.8 Å². The summed E-state index contributed by atoms with van der Waals surface area (Å²) in [6.07, 6.45) is 8.32. The minimum Gasteiger partial charge on any atom is -0.391 e. The number of nitrogens with zero attached hydrogens (tertiary/aromatic N) is 6. The molecule has 0 radical (unpaired) electrons. The Morgan fingerprint density at radius 2 is 1.95 bits per heavy atom. The third kappa shape index (κ3) is 4.49. The van der Waals surface area contributed by atoms with Gasteiger partial charge in [0.1, 0.15) is 5.69 Å². The molecular formula is C27H32ClN7O3. The maximum absolute atomic E-state index is 11.7. The lowest BCUT2D eigenvalue weighted by Crippen LogP contribution is -2.32. The Morgan fingerprint density at radius 1 is 1.16 bits per heavy atom. The van der Waals surface area contributed by atoms with Crippen LogP contribution in [0.1, 0.15) is 58.9 Å². The van der Waals surface area contributed by atoms with Crippen LogP contribution in [0.15, 0.2) is 33.8 Å². The van der Waals surface area contributed by atoms with Crippen LogP contribution in [-0.4, -0.2) is 53.5 Å². The number of nitrogens with one attached hydrogen (secondary N) is 1. The highest BCUT2D eigenvalue weighted by Gasteiger charge is 2.35. The van der Waals surface area contributed by atoms with Crippen molar-refractivity contribution >= 4 is 28.6 Å². The van der Waals surface area contributed by atoms with Gasteiger partial charge in [-0.05, 0) is 57.1 Å². The predicted octanol–water partition coefficient (Wildman–Crippen LogP) is 4.84. The van der Waals surface area contributed by atoms with Crippen molar-refractivity contribution in [2.24, 2.45) is 11.8 Å². The number of pyridine rings is 2. The molecular weight excluding hydrogens is 506 g/mol. The minimum absolute atomic E-state index is 0.134. The molecule has 2 aliphatic rings. The average molecular weight is 538 g/mol. The first-order valence-corrected chi connectivity index (χ1v) is 13.7. The topological polar surface area (TPSA) is 126 Å². The SMILES string of the molecule is CC1CCC(C(C)n2c(N3C[C@H](O)C[C@H]3C)nc3cc(-c4noc(=O)[nH]4)nc(-c4cncc(Cl)c4)c32)CC1. The first-order valence-electron chi connectivity index (χ1n) is 13.3. The molecule has 200 valence electrons. The standard InChI is InChI=1S/C27H32ClN7O3/c1-14-4-6-17(7-5-14)16(3)35-24-21(31-26(35)34-13-20(36)8-15(34)2)10-22(25-32-27(37)38-33-25)30-23(24)18-9-19(28)12-29-11-18/h9-12,14-17,20,36H,4-8,13H2,1-3H3,(H,32,33,37)/t14?,15-,16?,17?,20-/m1/s1. The van der Waals surface area contributed by atoms with Crippen LogP contribution < -0.4 is 10.7 Å². The van der Waals surface area contributed by atoms with Gasteiger partial charge in [0.15, 0.2) is 0 Å². The summed E-state index contributed by atoms with van der Waals surface area (Å²) in [5, 5.41) is 14.9. The summed E-state index contributed by atoms with van der Waals surface area (Å²) >= 11 is 6.36. The molecule has 0 amide bonds. The van der Waals surface area contributed by atoms with Crippen molar-refractivity contribution in [2.45, 2.75) is 71.1 Å². The normalized spacial score (nSPS) is 24.8. The van der Waals surface area contributed by atoms with Gasteiger partial charge in [0.25, 0.3) is 0 Å². The molecule has 6 rings (SSSR count). The van der Waals surface area contributed by atoms with Gasteiger partial charge in [-0.2, -0.15) is 0 Å². The first kappa shape index (κ1) is 25.1. The van der Waals surface area contributed by atoms with Gasteiger partial charge < -0.3 is 14.6 Å². The van der Waals surface area contributed by atoms with Crippen molar-refractivity contribution in [1.29, 1.82) is 0 Å². The number of aliphatic hydroxyl groups is 1. The number of fused-ring (bicyclic) bond motifs is 1. The molecule has 1 saturated carbocycles. The highest BCUT2D eigenvalue weighted by Crippen LogP contribution is 2.42. The van der Waals surface area contributed by atoms with E-state index in [0.29, 0.717) is 40.8 Å². The third-order valence-electron chi connectivity index (χ3n) is 8.27. The molecule has 1 aliphatic heterocycles. The lowest BCUT2D eigenvalue weighted by Gasteiger charge is -2.34. The highest BCUT2D eigenvalue weighted by atomic mass is 35.5. The lowest BCUT2D eigenvalue weighted by molar-refractivity contribution is 0.195. The van der Waals surface area contributed by atoms with Crippen LogP contribution in [-0.2, 0) is 0 Å². The Labute approximate surface area is 225 Å². The summed E-state index contributed by atoms with van der Waals surface area (Å²) in [5.41, 5.74) is 3.41. The zero-order valence-corrected chi connectivity index (χ0v) is 22.5. The van der Waals surface area contributed by atoms with E-state index < -0.39 is 11.9 Å². The molecule has 0 aromatic carbocycles. The number of anilines is 1. The van der Waals surface area contributed by atoms with Gasteiger partial charge in [0.05, 0.1) is 27.9 Å². The molecule has 38 heavy (non-hydrogen) atoms. The van der Waals surface area contributed by atoms with Gasteiger partial charge in [0.2, 0.25) is 11.8 Å². The number of aromatic amines is 1. The highest BCUT2D eigenvalue weighted by molar-refractivity contribution is 6.30. The minimum atomic E-state index is -0.654. The Morgan fingerprint density at radius 3 is 2.61 bits per heavy atom. The molecule has 2 N–H and O–H groups in total. The molecule has 1 unspecified atom stereocenters. The summed E-state index contributed by atoms with van der Waals surface area (Å²) < 4.78 is 7.07. The second-order valence-corrected chi connectivity index (χ2v) is 11.4. The lowest BCUT2D eigenvalue weighted by atomic mass is 9.79. The number of hydrogen-bond acceptors (Lipinski definition) is 8. The molecule has 5 heterocycles. The van der Waals surface area contributed by atoms with Gasteiger partial charge in [-0.15, -0.1) is 0 Å². The molecule has 2 fully saturated rings. The molecule has 4 aromatic heterocycles. The number of imidazole rings is 1. The second kappa shape index (κ2) is 9.81. The van der Waals surface area contributed by atoms with E-state index in [9.17, 15) is 9.90 Å². The molecule has 3 atom stereocenters. The summed E-state index contributed by atoms with van der Waals surface area (Å²) in [5.74, 6) is 1.62. The predicted molar refractivity (Wildman–Crippen MR) is 145 cm³/mol. The Kier molecular flexibility index (Phi) is 6.47.